The molecule has 0 amide bonds. The molecule has 1 saturated heterocycles. The van der Waals surface area contributed by atoms with Gasteiger partial charge in [-0.15, -0.1) is 0 Å². The van der Waals surface area contributed by atoms with E-state index in [-0.39, 0.29) is 12.0 Å². The highest BCUT2D eigenvalue weighted by Crippen LogP contribution is 2.38. The van der Waals surface area contributed by atoms with Crippen LogP contribution in [0.15, 0.2) is 42.5 Å². The number of hydrogen-bond donors (Lipinski definition) is 0. The fourth-order valence-corrected chi connectivity index (χ4v) is 3.08. The van der Waals surface area contributed by atoms with Gasteiger partial charge in [0.2, 0.25) is 0 Å². The zero-order valence-electron chi connectivity index (χ0n) is 10.5. The van der Waals surface area contributed by atoms with E-state index < -0.39 is 0 Å². The zero-order valence-corrected chi connectivity index (χ0v) is 10.5. The molecule has 1 aromatic carbocycles. The smallest absolute Gasteiger partial charge is 0.323 e. The van der Waals surface area contributed by atoms with Crippen LogP contribution in [0.25, 0.3) is 0 Å². The second-order valence-electron chi connectivity index (χ2n) is 4.98. The molecule has 1 aliphatic heterocycles. The van der Waals surface area contributed by atoms with Gasteiger partial charge in [0, 0.05) is 18.5 Å². The van der Waals surface area contributed by atoms with Gasteiger partial charge in [0.15, 0.2) is 0 Å². The number of ether oxygens (including phenoxy) is 1. The van der Waals surface area contributed by atoms with E-state index in [0.29, 0.717) is 12.0 Å². The summed E-state index contributed by atoms with van der Waals surface area (Å²) in [6.07, 6.45) is 5.42. The summed E-state index contributed by atoms with van der Waals surface area (Å²) in [4.78, 5) is 14.2. The van der Waals surface area contributed by atoms with Crippen LogP contribution in [0.5, 0.6) is 0 Å². The Morgan fingerprint density at radius 2 is 2.11 bits per heavy atom. The van der Waals surface area contributed by atoms with Crippen molar-refractivity contribution in [3.63, 3.8) is 0 Å². The first-order valence-corrected chi connectivity index (χ1v) is 6.35. The molecule has 3 nitrogen and oxygen atoms in total. The largest absolute Gasteiger partial charge is 0.468 e. The Morgan fingerprint density at radius 1 is 1.33 bits per heavy atom. The van der Waals surface area contributed by atoms with Crippen molar-refractivity contribution < 1.29 is 9.53 Å². The SMILES string of the molecule is COC(=O)[C@H]1[C@@H]2C=C[C@@H](C2)N1Cc1ccccc1. The maximum absolute atomic E-state index is 11.9. The van der Waals surface area contributed by atoms with Gasteiger partial charge in [0.25, 0.3) is 0 Å². The molecule has 2 bridgehead atoms. The van der Waals surface area contributed by atoms with Crippen LogP contribution in [0.2, 0.25) is 0 Å². The van der Waals surface area contributed by atoms with Crippen molar-refractivity contribution in [2.24, 2.45) is 5.92 Å². The Labute approximate surface area is 107 Å². The van der Waals surface area contributed by atoms with Gasteiger partial charge in [-0.1, -0.05) is 42.5 Å². The lowest BCUT2D eigenvalue weighted by atomic mass is 10.0. The number of benzene rings is 1. The minimum Gasteiger partial charge on any atom is -0.468 e. The van der Waals surface area contributed by atoms with Crippen LogP contribution in [0, 0.1) is 5.92 Å². The molecule has 1 heterocycles. The number of esters is 1. The van der Waals surface area contributed by atoms with E-state index >= 15 is 0 Å². The highest BCUT2D eigenvalue weighted by molar-refractivity contribution is 5.77. The molecule has 1 fully saturated rings. The predicted octanol–water partition coefficient (Wildman–Crippen LogP) is 1.99. The summed E-state index contributed by atoms with van der Waals surface area (Å²) in [5.41, 5.74) is 1.24. The summed E-state index contributed by atoms with van der Waals surface area (Å²) in [6, 6.07) is 10.6. The number of hydrogen-bond acceptors (Lipinski definition) is 3. The maximum Gasteiger partial charge on any atom is 0.323 e. The number of fused-ring (bicyclic) bond motifs is 2. The van der Waals surface area contributed by atoms with Gasteiger partial charge >= 0.3 is 5.97 Å². The van der Waals surface area contributed by atoms with E-state index in [1.54, 1.807) is 0 Å². The van der Waals surface area contributed by atoms with Crippen molar-refractivity contribution in [3.05, 3.63) is 48.0 Å². The molecule has 18 heavy (non-hydrogen) atoms. The number of carbonyl (C=O) groups is 1. The summed E-state index contributed by atoms with van der Waals surface area (Å²) < 4.78 is 4.94. The Bertz CT molecular complexity index is 469. The van der Waals surface area contributed by atoms with Gasteiger partial charge in [0.05, 0.1) is 7.11 Å². The lowest BCUT2D eigenvalue weighted by molar-refractivity contribution is -0.147. The molecular formula is C15H17NO2. The van der Waals surface area contributed by atoms with Crippen LogP contribution in [0.4, 0.5) is 0 Å². The highest BCUT2D eigenvalue weighted by Gasteiger charge is 2.46. The molecule has 0 aromatic heterocycles. The molecule has 3 atom stereocenters. The molecule has 94 valence electrons. The molecule has 0 saturated carbocycles. The molecule has 0 N–H and O–H groups in total. The van der Waals surface area contributed by atoms with Gasteiger partial charge in [0.1, 0.15) is 6.04 Å². The molecule has 0 spiro atoms. The topological polar surface area (TPSA) is 29.5 Å². The molecule has 0 unspecified atom stereocenters. The number of methoxy groups -OCH3 is 1. The number of rotatable bonds is 3. The third-order valence-electron chi connectivity index (χ3n) is 3.93. The average molecular weight is 243 g/mol. The molecule has 3 rings (SSSR count). The van der Waals surface area contributed by atoms with Crippen molar-refractivity contribution in [3.8, 4) is 0 Å². The summed E-state index contributed by atoms with van der Waals surface area (Å²) in [5, 5.41) is 0. The third kappa shape index (κ3) is 1.85. The van der Waals surface area contributed by atoms with Crippen molar-refractivity contribution in [1.82, 2.24) is 4.90 Å². The van der Waals surface area contributed by atoms with Gasteiger partial charge in [-0.3, -0.25) is 9.69 Å². The van der Waals surface area contributed by atoms with Gasteiger partial charge in [-0.25, -0.2) is 0 Å². The van der Waals surface area contributed by atoms with E-state index in [1.807, 2.05) is 18.2 Å². The Hall–Kier alpha value is -1.61. The molecule has 1 aromatic rings. The molecule has 1 aliphatic carbocycles. The fourth-order valence-electron chi connectivity index (χ4n) is 3.08. The Morgan fingerprint density at radius 3 is 2.83 bits per heavy atom. The summed E-state index contributed by atoms with van der Waals surface area (Å²) in [5.74, 6) is 0.217. The van der Waals surface area contributed by atoms with Gasteiger partial charge < -0.3 is 4.74 Å². The summed E-state index contributed by atoms with van der Waals surface area (Å²) >= 11 is 0. The van der Waals surface area contributed by atoms with E-state index in [1.165, 1.54) is 12.7 Å². The highest BCUT2D eigenvalue weighted by atomic mass is 16.5. The molecule has 2 aliphatic rings. The second-order valence-corrected chi connectivity index (χ2v) is 4.98. The lowest BCUT2D eigenvalue weighted by Gasteiger charge is -2.30. The monoisotopic (exact) mass is 243 g/mol. The van der Waals surface area contributed by atoms with Gasteiger partial charge in [-0.05, 0) is 12.0 Å². The van der Waals surface area contributed by atoms with E-state index in [9.17, 15) is 4.79 Å². The van der Waals surface area contributed by atoms with Crippen LogP contribution in [0.3, 0.4) is 0 Å². The fraction of sp³-hybridized carbons (Fsp3) is 0.400. The Kier molecular flexibility index (Phi) is 2.92. The van der Waals surface area contributed by atoms with Crippen LogP contribution in [-0.4, -0.2) is 30.1 Å². The average Bonchev–Trinajstić information content (AvgIpc) is 3.00. The van der Waals surface area contributed by atoms with Gasteiger partial charge in [-0.2, -0.15) is 0 Å². The first-order chi connectivity index (χ1) is 8.79. The van der Waals surface area contributed by atoms with E-state index in [0.717, 1.165) is 13.0 Å². The van der Waals surface area contributed by atoms with Crippen molar-refractivity contribution in [2.45, 2.75) is 25.0 Å². The predicted molar refractivity (Wildman–Crippen MR) is 68.8 cm³/mol. The van der Waals surface area contributed by atoms with Crippen LogP contribution in [-0.2, 0) is 16.1 Å². The standard InChI is InChI=1S/C15H17NO2/c1-18-15(17)14-12-7-8-13(9-12)16(14)10-11-5-3-2-4-6-11/h2-8,12-14H,9-10H2,1H3/t12-,13+,14-/m1/s1. The van der Waals surface area contributed by atoms with Crippen LogP contribution < -0.4 is 0 Å². The third-order valence-corrected chi connectivity index (χ3v) is 3.93. The second kappa shape index (κ2) is 4.58. The Balaban J connectivity index is 1.82. The quantitative estimate of drug-likeness (QED) is 0.600. The number of carbonyl (C=O) groups excluding carboxylic acids is 1. The van der Waals surface area contributed by atoms with E-state index in [2.05, 4.69) is 29.2 Å². The number of nitrogens with zero attached hydrogens (tertiary/aromatic N) is 1. The summed E-state index contributed by atoms with van der Waals surface area (Å²) in [7, 11) is 1.47. The van der Waals surface area contributed by atoms with Crippen molar-refractivity contribution in [2.75, 3.05) is 7.11 Å². The minimum absolute atomic E-state index is 0.106. The maximum atomic E-state index is 11.9. The molecular weight excluding hydrogens is 226 g/mol. The zero-order chi connectivity index (χ0) is 12.5. The van der Waals surface area contributed by atoms with Crippen LogP contribution in [0.1, 0.15) is 12.0 Å². The first kappa shape index (κ1) is 11.5. The lowest BCUT2D eigenvalue weighted by Crippen LogP contribution is -2.44. The molecule has 3 heteroatoms. The number of likely N-dealkylation sites (tertiary alicyclic amines) is 1. The van der Waals surface area contributed by atoms with Crippen molar-refractivity contribution in [1.29, 1.82) is 0 Å². The first-order valence-electron chi connectivity index (χ1n) is 6.35. The van der Waals surface area contributed by atoms with E-state index in [4.69, 9.17) is 4.74 Å². The normalized spacial score (nSPS) is 29.7. The summed E-state index contributed by atoms with van der Waals surface area (Å²) in [6.45, 7) is 0.812. The van der Waals surface area contributed by atoms with Crippen molar-refractivity contribution >= 4 is 5.97 Å². The van der Waals surface area contributed by atoms with Crippen LogP contribution >= 0.6 is 0 Å². The minimum atomic E-state index is -0.109. The molecule has 0 radical (unpaired) electrons.